The number of hydrogen-bond donors (Lipinski definition) is 2. The molecule has 6 rings (SSSR count). The quantitative estimate of drug-likeness (QED) is 0.0297. The van der Waals surface area contributed by atoms with Gasteiger partial charge in [0.1, 0.15) is 11.9 Å². The maximum absolute atomic E-state index is 11.2. The second-order valence-electron chi connectivity index (χ2n) is 12.0. The first-order chi connectivity index (χ1) is 27.3. The van der Waals surface area contributed by atoms with Gasteiger partial charge in [0.25, 0.3) is 11.4 Å². The number of hydrazone groups is 2. The van der Waals surface area contributed by atoms with Crippen LogP contribution in [-0.2, 0) is 4.74 Å². The first-order valence-corrected chi connectivity index (χ1v) is 17.0. The molecule has 0 saturated heterocycles. The van der Waals surface area contributed by atoms with E-state index < -0.39 is 21.6 Å². The summed E-state index contributed by atoms with van der Waals surface area (Å²) in [5.41, 5.74) is 8.58. The molecule has 1 aliphatic carbocycles. The van der Waals surface area contributed by atoms with Crippen LogP contribution >= 0.6 is 0 Å². The summed E-state index contributed by atoms with van der Waals surface area (Å²) in [7, 11) is 3.15. The zero-order chi connectivity index (χ0) is 39.3. The van der Waals surface area contributed by atoms with E-state index in [-0.39, 0.29) is 23.0 Å². The Morgan fingerprint density at radius 1 is 0.661 bits per heavy atom. The van der Waals surface area contributed by atoms with Gasteiger partial charge in [-0.3, -0.25) is 31.1 Å². The number of nitrogens with one attached hydrogen (secondary N) is 2. The minimum atomic E-state index is -1.37. The van der Waals surface area contributed by atoms with Gasteiger partial charge in [0.05, 0.1) is 28.3 Å². The van der Waals surface area contributed by atoms with Crippen LogP contribution in [0.3, 0.4) is 0 Å². The maximum Gasteiger partial charge on any atom is 0.269 e. The summed E-state index contributed by atoms with van der Waals surface area (Å²) in [5, 5.41) is 49.2. The number of non-ortho nitro benzene ring substituents is 2. The van der Waals surface area contributed by atoms with E-state index in [1.54, 1.807) is 14.2 Å². The van der Waals surface area contributed by atoms with Crippen LogP contribution in [0.25, 0.3) is 5.57 Å². The lowest BCUT2D eigenvalue weighted by atomic mass is 9.91. The fourth-order valence-electron chi connectivity index (χ4n) is 5.39. The number of benzene rings is 5. The topological polar surface area (TPSA) is 203 Å². The number of amidine groups is 2. The predicted molar refractivity (Wildman–Crippen MR) is 211 cm³/mol. The summed E-state index contributed by atoms with van der Waals surface area (Å²) in [4.78, 5) is 21.4. The third-order valence-electron chi connectivity index (χ3n) is 8.36. The minimum Gasteiger partial charge on any atom is -0.497 e. The average Bonchev–Trinajstić information content (AvgIpc) is 3.24. The van der Waals surface area contributed by atoms with Gasteiger partial charge in [-0.05, 0) is 59.7 Å². The Morgan fingerprint density at radius 3 is 1.61 bits per heavy atom. The zero-order valence-corrected chi connectivity index (χ0v) is 30.0. The number of allylic oxidation sites excluding steroid dienone is 2. The largest absolute Gasteiger partial charge is 0.497 e. The summed E-state index contributed by atoms with van der Waals surface area (Å²) in [6, 6.07) is 37.2. The Kier molecular flexibility index (Phi) is 12.1. The minimum absolute atomic E-state index is 0.0747. The highest BCUT2D eigenvalue weighted by atomic mass is 16.6. The van der Waals surface area contributed by atoms with E-state index in [1.165, 1.54) is 48.5 Å². The van der Waals surface area contributed by atoms with Gasteiger partial charge in [0.2, 0.25) is 11.7 Å². The summed E-state index contributed by atoms with van der Waals surface area (Å²) in [5.74, 6) is 1.05. The molecule has 280 valence electrons. The molecule has 0 radical (unpaired) electrons. The first-order valence-electron chi connectivity index (χ1n) is 17.0. The summed E-state index contributed by atoms with van der Waals surface area (Å²) in [6.07, 6.45) is 4.85. The van der Waals surface area contributed by atoms with Crippen molar-refractivity contribution in [1.29, 1.82) is 0 Å². The van der Waals surface area contributed by atoms with Crippen LogP contribution in [0.5, 0.6) is 5.75 Å². The molecule has 0 amide bonds. The van der Waals surface area contributed by atoms with Gasteiger partial charge in [-0.25, -0.2) is 0 Å². The Bertz CT molecular complexity index is 2220. The van der Waals surface area contributed by atoms with E-state index in [2.05, 4.69) is 31.3 Å². The fourth-order valence-corrected chi connectivity index (χ4v) is 5.39. The molecule has 5 aromatic carbocycles. The molecule has 0 aliphatic heterocycles. The van der Waals surface area contributed by atoms with Crippen molar-refractivity contribution in [3.05, 3.63) is 189 Å². The van der Waals surface area contributed by atoms with Crippen LogP contribution in [0.4, 0.5) is 22.7 Å². The van der Waals surface area contributed by atoms with Gasteiger partial charge in [0.15, 0.2) is 5.66 Å². The standard InChI is InChI=1S/C40H34N10O6/c1-55-36-15-9-14-30(26-36)31-24-25-40(37(27-31)56-2,47-45-38(28-10-5-3-6-11-28)43-41-32-16-20-34(21-17-32)49(51)52)48-46-39(29-12-7-4-8-13-29)44-42-33-18-22-35(23-19-33)50(53)54/h3-27,37,47-48H,1-2H3. The van der Waals surface area contributed by atoms with Gasteiger partial charge in [-0.1, -0.05) is 78.9 Å². The monoisotopic (exact) mass is 750 g/mol. The van der Waals surface area contributed by atoms with E-state index in [1.807, 2.05) is 103 Å². The molecule has 0 aromatic heterocycles. The highest BCUT2D eigenvalue weighted by Gasteiger charge is 2.39. The lowest BCUT2D eigenvalue weighted by Gasteiger charge is -2.37. The summed E-state index contributed by atoms with van der Waals surface area (Å²) >= 11 is 0. The maximum atomic E-state index is 11.2. The molecule has 5 aromatic rings. The van der Waals surface area contributed by atoms with Gasteiger partial charge in [0, 0.05) is 42.5 Å². The van der Waals surface area contributed by atoms with Crippen molar-refractivity contribution >= 4 is 40.0 Å². The van der Waals surface area contributed by atoms with E-state index in [0.717, 1.165) is 11.1 Å². The Morgan fingerprint density at radius 2 is 1.16 bits per heavy atom. The molecule has 16 nitrogen and oxygen atoms in total. The lowest BCUT2D eigenvalue weighted by Crippen LogP contribution is -2.61. The van der Waals surface area contributed by atoms with Crippen molar-refractivity contribution in [3.8, 4) is 5.75 Å². The van der Waals surface area contributed by atoms with Crippen LogP contribution in [0.2, 0.25) is 0 Å². The Balaban J connectivity index is 1.42. The van der Waals surface area contributed by atoms with Crippen molar-refractivity contribution in [1.82, 2.24) is 10.9 Å². The highest BCUT2D eigenvalue weighted by molar-refractivity contribution is 5.99. The normalized spacial score (nSPS) is 17.1. The third kappa shape index (κ3) is 9.44. The van der Waals surface area contributed by atoms with Crippen LogP contribution < -0.4 is 15.6 Å². The molecule has 0 saturated carbocycles. The van der Waals surface area contributed by atoms with E-state index in [0.29, 0.717) is 28.3 Å². The van der Waals surface area contributed by atoms with E-state index >= 15 is 0 Å². The number of rotatable bonds is 13. The van der Waals surface area contributed by atoms with Gasteiger partial charge in [-0.2, -0.15) is 10.2 Å². The van der Waals surface area contributed by atoms with Crippen molar-refractivity contribution in [2.45, 2.75) is 11.8 Å². The molecule has 1 atom stereocenters. The van der Waals surface area contributed by atoms with Gasteiger partial charge < -0.3 is 9.47 Å². The molecule has 1 aliphatic rings. The highest BCUT2D eigenvalue weighted by Crippen LogP contribution is 2.30. The molecule has 0 bridgehead atoms. The molecule has 2 N–H and O–H groups in total. The van der Waals surface area contributed by atoms with Crippen molar-refractivity contribution < 1.29 is 19.3 Å². The third-order valence-corrected chi connectivity index (χ3v) is 8.36. The SMILES string of the molecule is COc1cccc(C2=CC(OC)C(NN=C(N=Nc3ccc([N+](=O)[O-])cc3)c3ccccc3)(NN=C(N=Nc3ccc([N+](=O)[O-])cc3)c3ccccc3)C=C2)c1. The van der Waals surface area contributed by atoms with Crippen LogP contribution in [0.15, 0.2) is 182 Å². The van der Waals surface area contributed by atoms with E-state index in [9.17, 15) is 20.2 Å². The Labute approximate surface area is 320 Å². The van der Waals surface area contributed by atoms with E-state index in [4.69, 9.17) is 19.7 Å². The molecule has 0 fully saturated rings. The number of nitro groups is 2. The number of hydrogen-bond acceptors (Lipinski definition) is 12. The molecule has 0 spiro atoms. The zero-order valence-electron chi connectivity index (χ0n) is 30.0. The second kappa shape index (κ2) is 17.9. The number of azo groups is 2. The molecular formula is C40H34N10O6. The average molecular weight is 751 g/mol. The Hall–Kier alpha value is -7.72. The predicted octanol–water partition coefficient (Wildman–Crippen LogP) is 8.65. The smallest absolute Gasteiger partial charge is 0.269 e. The van der Waals surface area contributed by atoms with Crippen LogP contribution in [0.1, 0.15) is 16.7 Å². The summed E-state index contributed by atoms with van der Waals surface area (Å²) < 4.78 is 11.5. The van der Waals surface area contributed by atoms with Gasteiger partial charge in [-0.15, -0.1) is 20.5 Å². The number of ether oxygens (including phenoxy) is 2. The molecule has 0 heterocycles. The molecule has 16 heteroatoms. The molecular weight excluding hydrogens is 717 g/mol. The number of nitro benzene ring substituents is 2. The van der Waals surface area contributed by atoms with Crippen LogP contribution in [0, 0.1) is 20.2 Å². The number of methoxy groups -OCH3 is 2. The van der Waals surface area contributed by atoms with Crippen molar-refractivity contribution in [3.63, 3.8) is 0 Å². The lowest BCUT2D eigenvalue weighted by molar-refractivity contribution is -0.385. The second-order valence-corrected chi connectivity index (χ2v) is 12.0. The van der Waals surface area contributed by atoms with Crippen molar-refractivity contribution in [2.75, 3.05) is 14.2 Å². The number of nitrogens with zero attached hydrogens (tertiary/aromatic N) is 8. The summed E-state index contributed by atoms with van der Waals surface area (Å²) in [6.45, 7) is 0. The first kappa shape index (κ1) is 38.0. The van der Waals surface area contributed by atoms with Gasteiger partial charge >= 0.3 is 0 Å². The van der Waals surface area contributed by atoms with Crippen LogP contribution in [-0.4, -0.2) is 47.5 Å². The fraction of sp³-hybridized carbons (Fsp3) is 0.100. The molecule has 56 heavy (non-hydrogen) atoms. The molecule has 1 unspecified atom stereocenters. The van der Waals surface area contributed by atoms with Crippen molar-refractivity contribution in [2.24, 2.45) is 30.7 Å².